The summed E-state index contributed by atoms with van der Waals surface area (Å²) in [6.07, 6.45) is 3.37. The third kappa shape index (κ3) is 4.94. The van der Waals surface area contributed by atoms with Crippen molar-refractivity contribution in [3.05, 3.63) is 89.7 Å². The van der Waals surface area contributed by atoms with E-state index in [2.05, 4.69) is 41.2 Å². The molecule has 1 heterocycles. The molecule has 0 saturated heterocycles. The quantitative estimate of drug-likeness (QED) is 0.666. The van der Waals surface area contributed by atoms with E-state index in [0.29, 0.717) is 11.5 Å². The fourth-order valence-electron chi connectivity index (χ4n) is 2.86. The van der Waals surface area contributed by atoms with Crippen LogP contribution in [0, 0.1) is 0 Å². The van der Waals surface area contributed by atoms with Crippen molar-refractivity contribution in [3.63, 3.8) is 0 Å². The summed E-state index contributed by atoms with van der Waals surface area (Å²) < 4.78 is 0. The zero-order valence-electron chi connectivity index (χ0n) is 16.0. The van der Waals surface area contributed by atoms with Crippen LogP contribution >= 0.6 is 0 Å². The van der Waals surface area contributed by atoms with Gasteiger partial charge in [0, 0.05) is 25.5 Å². The van der Waals surface area contributed by atoms with Crippen molar-refractivity contribution in [2.24, 2.45) is 0 Å². The van der Waals surface area contributed by atoms with E-state index in [-0.39, 0.29) is 5.91 Å². The zero-order chi connectivity index (χ0) is 19.2. The van der Waals surface area contributed by atoms with Gasteiger partial charge in [0.05, 0.1) is 17.4 Å². The van der Waals surface area contributed by atoms with Crippen molar-refractivity contribution >= 4 is 17.3 Å². The zero-order valence-corrected chi connectivity index (χ0v) is 16.0. The van der Waals surface area contributed by atoms with Gasteiger partial charge in [-0.25, -0.2) is 0 Å². The number of hydrogen-bond acceptors (Lipinski definition) is 3. The Morgan fingerprint density at radius 3 is 2.41 bits per heavy atom. The van der Waals surface area contributed by atoms with Gasteiger partial charge in [-0.05, 0) is 35.2 Å². The number of carbonyl (C=O) groups is 1. The van der Waals surface area contributed by atoms with E-state index < -0.39 is 0 Å². The summed E-state index contributed by atoms with van der Waals surface area (Å²) in [5.74, 6) is 0.311. The number of aromatic nitrogens is 1. The SMILES string of the molecule is CC(C)c1ccc(NC(=O)c2cncc(N(C)Cc3ccccc3)c2)cc1. The minimum atomic E-state index is -0.158. The summed E-state index contributed by atoms with van der Waals surface area (Å²) in [5.41, 5.74) is 4.69. The summed E-state index contributed by atoms with van der Waals surface area (Å²) in [4.78, 5) is 18.9. The molecule has 0 bridgehead atoms. The molecule has 0 saturated carbocycles. The number of benzene rings is 2. The van der Waals surface area contributed by atoms with E-state index in [0.717, 1.165) is 17.9 Å². The van der Waals surface area contributed by atoms with Gasteiger partial charge in [0.2, 0.25) is 0 Å². The predicted molar refractivity (Wildman–Crippen MR) is 111 cm³/mol. The molecule has 2 aromatic carbocycles. The van der Waals surface area contributed by atoms with Crippen molar-refractivity contribution in [2.45, 2.75) is 26.3 Å². The Labute approximate surface area is 160 Å². The van der Waals surface area contributed by atoms with Crippen molar-refractivity contribution < 1.29 is 4.79 Å². The first-order valence-corrected chi connectivity index (χ1v) is 9.14. The molecule has 27 heavy (non-hydrogen) atoms. The molecule has 3 rings (SSSR count). The van der Waals surface area contributed by atoms with Crippen molar-refractivity contribution in [2.75, 3.05) is 17.3 Å². The molecule has 4 heteroatoms. The first kappa shape index (κ1) is 18.6. The standard InChI is InChI=1S/C23H25N3O/c1-17(2)19-9-11-21(12-10-19)25-23(27)20-13-22(15-24-14-20)26(3)16-18-7-5-4-6-8-18/h4-15,17H,16H2,1-3H3,(H,25,27). The second kappa shape index (κ2) is 8.49. The first-order chi connectivity index (χ1) is 13.0. The highest BCUT2D eigenvalue weighted by atomic mass is 16.1. The van der Waals surface area contributed by atoms with Crippen LogP contribution in [-0.2, 0) is 6.54 Å². The highest BCUT2D eigenvalue weighted by Crippen LogP contribution is 2.19. The number of amides is 1. The van der Waals surface area contributed by atoms with Gasteiger partial charge in [-0.15, -0.1) is 0 Å². The van der Waals surface area contributed by atoms with E-state index in [4.69, 9.17) is 0 Å². The second-order valence-corrected chi connectivity index (χ2v) is 7.00. The lowest BCUT2D eigenvalue weighted by Crippen LogP contribution is -2.18. The number of hydrogen-bond donors (Lipinski definition) is 1. The van der Waals surface area contributed by atoms with Gasteiger partial charge in [-0.2, -0.15) is 0 Å². The third-order valence-corrected chi connectivity index (χ3v) is 4.52. The van der Waals surface area contributed by atoms with Gasteiger partial charge < -0.3 is 10.2 Å². The molecule has 0 aliphatic heterocycles. The summed E-state index contributed by atoms with van der Waals surface area (Å²) in [6, 6.07) is 20.1. The minimum Gasteiger partial charge on any atom is -0.369 e. The molecule has 0 fully saturated rings. The predicted octanol–water partition coefficient (Wildman–Crippen LogP) is 5.09. The first-order valence-electron chi connectivity index (χ1n) is 9.14. The van der Waals surface area contributed by atoms with E-state index in [1.807, 2.05) is 55.6 Å². The summed E-state index contributed by atoms with van der Waals surface area (Å²) in [5, 5.41) is 2.94. The summed E-state index contributed by atoms with van der Waals surface area (Å²) >= 11 is 0. The lowest BCUT2D eigenvalue weighted by Gasteiger charge is -2.19. The van der Waals surface area contributed by atoms with Crippen LogP contribution in [0.15, 0.2) is 73.1 Å². The van der Waals surface area contributed by atoms with Crippen LogP contribution in [0.2, 0.25) is 0 Å². The van der Waals surface area contributed by atoms with Crippen LogP contribution in [0.4, 0.5) is 11.4 Å². The smallest absolute Gasteiger partial charge is 0.257 e. The van der Waals surface area contributed by atoms with E-state index in [1.165, 1.54) is 11.1 Å². The Morgan fingerprint density at radius 2 is 1.74 bits per heavy atom. The maximum absolute atomic E-state index is 12.6. The lowest BCUT2D eigenvalue weighted by atomic mass is 10.0. The van der Waals surface area contributed by atoms with E-state index in [9.17, 15) is 4.79 Å². The average Bonchev–Trinajstić information content (AvgIpc) is 2.69. The van der Waals surface area contributed by atoms with Gasteiger partial charge in [0.1, 0.15) is 0 Å². The van der Waals surface area contributed by atoms with Gasteiger partial charge in [-0.3, -0.25) is 9.78 Å². The van der Waals surface area contributed by atoms with Gasteiger partial charge in [-0.1, -0.05) is 56.3 Å². The van der Waals surface area contributed by atoms with E-state index in [1.54, 1.807) is 12.4 Å². The Balaban J connectivity index is 1.69. The molecule has 0 radical (unpaired) electrons. The average molecular weight is 359 g/mol. The number of carbonyl (C=O) groups excluding carboxylic acids is 1. The topological polar surface area (TPSA) is 45.2 Å². The molecular formula is C23H25N3O. The van der Waals surface area contributed by atoms with Crippen molar-refractivity contribution in [3.8, 4) is 0 Å². The van der Waals surface area contributed by atoms with Gasteiger partial charge >= 0.3 is 0 Å². The molecule has 138 valence electrons. The van der Waals surface area contributed by atoms with Crippen LogP contribution < -0.4 is 10.2 Å². The monoisotopic (exact) mass is 359 g/mol. The normalized spacial score (nSPS) is 10.7. The number of anilines is 2. The number of nitrogens with zero attached hydrogens (tertiary/aromatic N) is 2. The Bertz CT molecular complexity index is 889. The van der Waals surface area contributed by atoms with Crippen LogP contribution in [0.5, 0.6) is 0 Å². The molecular weight excluding hydrogens is 334 g/mol. The molecule has 3 aromatic rings. The fourth-order valence-corrected chi connectivity index (χ4v) is 2.86. The molecule has 0 aliphatic rings. The van der Waals surface area contributed by atoms with Crippen molar-refractivity contribution in [1.29, 1.82) is 0 Å². The molecule has 0 spiro atoms. The second-order valence-electron chi connectivity index (χ2n) is 7.00. The third-order valence-electron chi connectivity index (χ3n) is 4.52. The Kier molecular flexibility index (Phi) is 5.87. The fraction of sp³-hybridized carbons (Fsp3) is 0.217. The van der Waals surface area contributed by atoms with Crippen LogP contribution in [0.25, 0.3) is 0 Å². The molecule has 0 aliphatic carbocycles. The Morgan fingerprint density at radius 1 is 1.04 bits per heavy atom. The van der Waals surface area contributed by atoms with Crippen LogP contribution in [-0.4, -0.2) is 17.9 Å². The summed E-state index contributed by atoms with van der Waals surface area (Å²) in [6.45, 7) is 5.05. The maximum atomic E-state index is 12.6. The Hall–Kier alpha value is -3.14. The number of pyridine rings is 1. The van der Waals surface area contributed by atoms with E-state index >= 15 is 0 Å². The molecule has 4 nitrogen and oxygen atoms in total. The molecule has 1 N–H and O–H groups in total. The lowest BCUT2D eigenvalue weighted by molar-refractivity contribution is 0.102. The maximum Gasteiger partial charge on any atom is 0.257 e. The highest BCUT2D eigenvalue weighted by Gasteiger charge is 2.10. The van der Waals surface area contributed by atoms with Crippen molar-refractivity contribution in [1.82, 2.24) is 4.98 Å². The minimum absolute atomic E-state index is 0.158. The molecule has 1 aromatic heterocycles. The largest absolute Gasteiger partial charge is 0.369 e. The molecule has 0 unspecified atom stereocenters. The molecule has 0 atom stereocenters. The van der Waals surface area contributed by atoms with Gasteiger partial charge in [0.25, 0.3) is 5.91 Å². The highest BCUT2D eigenvalue weighted by molar-refractivity contribution is 6.04. The van der Waals surface area contributed by atoms with Crippen LogP contribution in [0.1, 0.15) is 41.3 Å². The number of nitrogens with one attached hydrogen (secondary N) is 1. The summed E-state index contributed by atoms with van der Waals surface area (Å²) in [7, 11) is 2.00. The number of rotatable bonds is 6. The molecule has 1 amide bonds. The van der Waals surface area contributed by atoms with Gasteiger partial charge in [0.15, 0.2) is 0 Å². The van der Waals surface area contributed by atoms with Crippen LogP contribution in [0.3, 0.4) is 0 Å².